The number of pyridine rings is 1. The van der Waals surface area contributed by atoms with E-state index in [1.807, 2.05) is 32.9 Å². The summed E-state index contributed by atoms with van der Waals surface area (Å²) in [7, 11) is 0. The van der Waals surface area contributed by atoms with E-state index in [9.17, 15) is 9.59 Å². The molecule has 7 nitrogen and oxygen atoms in total. The van der Waals surface area contributed by atoms with Gasteiger partial charge in [-0.2, -0.15) is 0 Å². The highest BCUT2D eigenvalue weighted by Crippen LogP contribution is 2.60. The Morgan fingerprint density at radius 2 is 1.91 bits per heavy atom. The minimum atomic E-state index is -0.647. The maximum atomic E-state index is 13.5. The molecule has 1 saturated heterocycles. The van der Waals surface area contributed by atoms with Crippen LogP contribution in [0.3, 0.4) is 0 Å². The first-order valence-corrected chi connectivity index (χ1v) is 11.9. The van der Waals surface area contributed by atoms with Crippen LogP contribution in [0.15, 0.2) is 42.0 Å². The molecule has 8 heteroatoms. The van der Waals surface area contributed by atoms with Gasteiger partial charge < -0.3 is 14.2 Å². The Balaban J connectivity index is 1.79. The van der Waals surface area contributed by atoms with Crippen molar-refractivity contribution >= 4 is 27.8 Å². The lowest BCUT2D eigenvalue weighted by atomic mass is 9.95. The van der Waals surface area contributed by atoms with Crippen LogP contribution in [0.4, 0.5) is 4.79 Å². The third-order valence-electron chi connectivity index (χ3n) is 5.89. The summed E-state index contributed by atoms with van der Waals surface area (Å²) in [4.78, 5) is 32.7. The van der Waals surface area contributed by atoms with Gasteiger partial charge in [-0.05, 0) is 61.2 Å². The van der Waals surface area contributed by atoms with E-state index >= 15 is 0 Å². The Morgan fingerprint density at radius 3 is 2.58 bits per heavy atom. The number of rotatable bonds is 11. The van der Waals surface area contributed by atoms with Crippen molar-refractivity contribution in [3.63, 3.8) is 0 Å². The Bertz CT molecular complexity index is 913. The third kappa shape index (κ3) is 6.31. The van der Waals surface area contributed by atoms with Gasteiger partial charge in [0.05, 0.1) is 44.6 Å². The zero-order valence-corrected chi connectivity index (χ0v) is 21.2. The molecule has 180 valence electrons. The van der Waals surface area contributed by atoms with Crippen LogP contribution in [-0.4, -0.2) is 59.3 Å². The predicted molar refractivity (Wildman–Crippen MR) is 129 cm³/mol. The molecule has 1 saturated carbocycles. The predicted octanol–water partition coefficient (Wildman–Crippen LogP) is 4.63. The number of amides is 1. The third-order valence-corrected chi connectivity index (χ3v) is 6.33. The van der Waals surface area contributed by atoms with Crippen molar-refractivity contribution in [3.8, 4) is 0 Å². The molecule has 2 heterocycles. The quantitative estimate of drug-likeness (QED) is 0.240. The van der Waals surface area contributed by atoms with E-state index in [0.717, 1.165) is 12.0 Å². The molecule has 1 aromatic rings. The largest absolute Gasteiger partial charge is 0.444 e. The monoisotopic (exact) mass is 520 g/mol. The molecule has 3 rings (SSSR count). The number of aromatic nitrogens is 1. The zero-order valence-electron chi connectivity index (χ0n) is 19.6. The smallest absolute Gasteiger partial charge is 0.411 e. The molecule has 2 fully saturated rings. The van der Waals surface area contributed by atoms with Crippen molar-refractivity contribution in [2.45, 2.75) is 64.3 Å². The molecule has 0 bridgehead atoms. The van der Waals surface area contributed by atoms with Crippen LogP contribution < -0.4 is 0 Å². The lowest BCUT2D eigenvalue weighted by Crippen LogP contribution is -2.46. The van der Waals surface area contributed by atoms with Gasteiger partial charge in [0.2, 0.25) is 0 Å². The molecule has 33 heavy (non-hydrogen) atoms. The number of carbonyl (C=O) groups is 2. The van der Waals surface area contributed by atoms with Gasteiger partial charge in [-0.15, -0.1) is 13.2 Å². The summed E-state index contributed by atoms with van der Waals surface area (Å²) in [6, 6.07) is 3.08. The molecule has 1 amide bonds. The van der Waals surface area contributed by atoms with E-state index in [0.29, 0.717) is 43.1 Å². The number of piperidine rings is 1. The fourth-order valence-electron chi connectivity index (χ4n) is 4.36. The first kappa shape index (κ1) is 25.6. The number of nitrogens with zero attached hydrogens (tertiary/aromatic N) is 2. The number of fused-ring (bicyclic) bond motifs is 1. The van der Waals surface area contributed by atoms with E-state index in [1.54, 1.807) is 17.1 Å². The molecule has 1 aromatic heterocycles. The van der Waals surface area contributed by atoms with Crippen molar-refractivity contribution in [2.24, 2.45) is 5.41 Å². The number of Topliss-reactive ketones (excluding diaryl/α,β-unsaturated/α-hetero) is 1. The maximum absolute atomic E-state index is 13.5. The molecule has 0 spiro atoms. The topological polar surface area (TPSA) is 78.0 Å². The van der Waals surface area contributed by atoms with Crippen LogP contribution in [-0.2, 0) is 32.0 Å². The van der Waals surface area contributed by atoms with Crippen LogP contribution in [0.2, 0.25) is 0 Å². The van der Waals surface area contributed by atoms with Gasteiger partial charge in [0.1, 0.15) is 10.2 Å². The fraction of sp³-hybridized carbons (Fsp3) is 0.560. The average Bonchev–Trinajstić information content (AvgIpc) is 3.32. The Labute approximate surface area is 204 Å². The van der Waals surface area contributed by atoms with Crippen LogP contribution in [0.1, 0.15) is 44.9 Å². The van der Waals surface area contributed by atoms with Gasteiger partial charge in [0.15, 0.2) is 5.78 Å². The van der Waals surface area contributed by atoms with Crippen molar-refractivity contribution < 1.29 is 23.8 Å². The van der Waals surface area contributed by atoms with Gasteiger partial charge in [-0.25, -0.2) is 9.78 Å². The molecule has 2 aliphatic rings. The summed E-state index contributed by atoms with van der Waals surface area (Å²) in [5.74, 6) is -0.0632. The number of halogens is 1. The first-order valence-electron chi connectivity index (χ1n) is 11.2. The number of ether oxygens (including phenoxy) is 3. The van der Waals surface area contributed by atoms with E-state index < -0.39 is 17.7 Å². The number of likely N-dealkylation sites (tertiary alicyclic amines) is 1. The Kier molecular flexibility index (Phi) is 8.13. The van der Waals surface area contributed by atoms with Gasteiger partial charge in [0, 0.05) is 11.5 Å². The second-order valence-electron chi connectivity index (χ2n) is 9.68. The second kappa shape index (κ2) is 10.5. The Hall–Kier alpha value is -2.03. The van der Waals surface area contributed by atoms with Crippen molar-refractivity contribution in [3.05, 3.63) is 53.3 Å². The lowest BCUT2D eigenvalue weighted by Gasteiger charge is -2.30. The molecule has 1 aliphatic carbocycles. The molecule has 0 unspecified atom stereocenters. The van der Waals surface area contributed by atoms with Crippen LogP contribution in [0.5, 0.6) is 0 Å². The summed E-state index contributed by atoms with van der Waals surface area (Å²) < 4.78 is 17.6. The van der Waals surface area contributed by atoms with Gasteiger partial charge >= 0.3 is 6.09 Å². The maximum Gasteiger partial charge on any atom is 0.411 e. The molecular formula is C25H33BrN2O5. The standard InChI is InChI=1S/C25H33BrN2O5/c1-6-10-31-15-17-8-9-22(26)27-18(17)12-20(29)19-13-25(16-32-11-7-2)14-21(25)28(19)23(30)33-24(3,4)5/h6-9,19,21H,1-2,10-16H2,3-5H3/t19-,21+,25-/m0/s1. The van der Waals surface area contributed by atoms with Crippen LogP contribution >= 0.6 is 15.9 Å². The van der Waals surface area contributed by atoms with Gasteiger partial charge in [-0.1, -0.05) is 18.2 Å². The van der Waals surface area contributed by atoms with Crippen LogP contribution in [0.25, 0.3) is 0 Å². The van der Waals surface area contributed by atoms with Crippen LogP contribution in [0, 0.1) is 5.41 Å². The number of carbonyl (C=O) groups excluding carboxylic acids is 2. The highest BCUT2D eigenvalue weighted by Gasteiger charge is 2.67. The van der Waals surface area contributed by atoms with E-state index in [4.69, 9.17) is 14.2 Å². The van der Waals surface area contributed by atoms with Gasteiger partial charge in [-0.3, -0.25) is 9.69 Å². The molecule has 0 N–H and O–H groups in total. The van der Waals surface area contributed by atoms with Gasteiger partial charge in [0.25, 0.3) is 0 Å². The van der Waals surface area contributed by atoms with E-state index in [2.05, 4.69) is 34.1 Å². The minimum absolute atomic E-state index is 0.0584. The molecule has 3 atom stereocenters. The average molecular weight is 521 g/mol. The SMILES string of the molecule is C=CCOCc1ccc(Br)nc1CC(=O)[C@@H]1C[C@@]2(COCC=C)C[C@H]2N1C(=O)OC(C)(C)C. The number of ketones is 1. The zero-order chi connectivity index (χ0) is 24.2. The first-order chi connectivity index (χ1) is 15.6. The molecule has 1 aliphatic heterocycles. The summed E-state index contributed by atoms with van der Waals surface area (Å²) in [5, 5.41) is 0. The second-order valence-corrected chi connectivity index (χ2v) is 10.5. The summed E-state index contributed by atoms with van der Waals surface area (Å²) >= 11 is 3.39. The highest BCUT2D eigenvalue weighted by molar-refractivity contribution is 9.10. The summed E-state index contributed by atoms with van der Waals surface area (Å²) in [5.41, 5.74) is 0.622. The molecule has 0 radical (unpaired) electrons. The summed E-state index contributed by atoms with van der Waals surface area (Å²) in [6.45, 7) is 14.5. The number of hydrogen-bond donors (Lipinski definition) is 0. The van der Waals surface area contributed by atoms with Crippen molar-refractivity contribution in [1.29, 1.82) is 0 Å². The lowest BCUT2D eigenvalue weighted by molar-refractivity contribution is -0.123. The fourth-order valence-corrected chi connectivity index (χ4v) is 4.71. The highest BCUT2D eigenvalue weighted by atomic mass is 79.9. The molecular weight excluding hydrogens is 488 g/mol. The van der Waals surface area contributed by atoms with E-state index in [1.165, 1.54) is 0 Å². The van der Waals surface area contributed by atoms with Crippen molar-refractivity contribution in [2.75, 3.05) is 19.8 Å². The minimum Gasteiger partial charge on any atom is -0.444 e. The normalized spacial score (nSPS) is 23.7. The van der Waals surface area contributed by atoms with Crippen molar-refractivity contribution in [1.82, 2.24) is 9.88 Å². The Morgan fingerprint density at radius 1 is 1.21 bits per heavy atom. The van der Waals surface area contributed by atoms with E-state index in [-0.39, 0.29) is 23.7 Å². The summed E-state index contributed by atoms with van der Waals surface area (Å²) in [6.07, 6.45) is 4.39. The number of hydrogen-bond acceptors (Lipinski definition) is 6. The molecule has 0 aromatic carbocycles.